The number of rotatable bonds is 4. The molecule has 0 spiro atoms. The van der Waals surface area contributed by atoms with E-state index in [1.54, 1.807) is 7.11 Å². The molecule has 5 rings (SSSR count). The lowest BCUT2D eigenvalue weighted by Gasteiger charge is -2.23. The Morgan fingerprint density at radius 2 is 1.95 bits per heavy atom. The van der Waals surface area contributed by atoms with Crippen LogP contribution in [-0.4, -0.2) is 52.4 Å². The van der Waals surface area contributed by atoms with Crippen molar-refractivity contribution >= 4 is 17.2 Å². The summed E-state index contributed by atoms with van der Waals surface area (Å²) >= 11 is 0. The van der Waals surface area contributed by atoms with Gasteiger partial charge in [-0.25, -0.2) is 9.48 Å². The van der Waals surface area contributed by atoms with Crippen LogP contribution in [0.5, 0.6) is 5.75 Å². The number of carboxylic acid groups (broad SMARTS) is 1. The number of alkyl halides is 3. The summed E-state index contributed by atoms with van der Waals surface area (Å²) in [4.78, 5) is 8.90. The van der Waals surface area contributed by atoms with Crippen molar-refractivity contribution in [2.75, 3.05) is 25.5 Å². The Labute approximate surface area is 212 Å². The van der Waals surface area contributed by atoms with Crippen molar-refractivity contribution in [3.63, 3.8) is 0 Å². The van der Waals surface area contributed by atoms with E-state index >= 15 is 0 Å². The maximum absolute atomic E-state index is 10.6. The normalized spacial score (nSPS) is 16.8. The third-order valence-corrected chi connectivity index (χ3v) is 6.32. The van der Waals surface area contributed by atoms with Crippen molar-refractivity contribution in [1.29, 1.82) is 0 Å². The highest BCUT2D eigenvalue weighted by Gasteiger charge is 2.38. The van der Waals surface area contributed by atoms with Crippen molar-refractivity contribution in [3.05, 3.63) is 65.4 Å². The fourth-order valence-corrected chi connectivity index (χ4v) is 4.49. The predicted octanol–water partition coefficient (Wildman–Crippen LogP) is 4.83. The highest BCUT2D eigenvalue weighted by atomic mass is 19.4. The first kappa shape index (κ1) is 26.2. The summed E-state index contributed by atoms with van der Waals surface area (Å²) in [6.07, 6.45) is -0.766. The van der Waals surface area contributed by atoms with E-state index < -0.39 is 12.1 Å². The molecular formula is C26H28F3N5O3. The molecule has 11 heteroatoms. The molecule has 8 nitrogen and oxygen atoms in total. The molecule has 0 bridgehead atoms. The SMILES string of the molecule is COc1ccc(NC2CCn3nnc(C)c3-c3ccc(C4=CCNCC4)cc32)cc1.O=C(O)C(F)(F)F. The highest BCUT2D eigenvalue weighted by Crippen LogP contribution is 2.38. The number of anilines is 1. The molecule has 2 aromatic carbocycles. The number of methoxy groups -OCH3 is 1. The van der Waals surface area contributed by atoms with Crippen LogP contribution in [0.4, 0.5) is 18.9 Å². The van der Waals surface area contributed by atoms with Crippen molar-refractivity contribution < 1.29 is 27.8 Å². The maximum Gasteiger partial charge on any atom is 0.490 e. The minimum atomic E-state index is -5.08. The van der Waals surface area contributed by atoms with Gasteiger partial charge in [-0.3, -0.25) is 0 Å². The number of aliphatic carboxylic acids is 1. The van der Waals surface area contributed by atoms with Gasteiger partial charge >= 0.3 is 12.1 Å². The van der Waals surface area contributed by atoms with Gasteiger partial charge in [0.15, 0.2) is 0 Å². The fraction of sp³-hybridized carbons (Fsp3) is 0.346. The zero-order valence-electron chi connectivity index (χ0n) is 20.5. The number of nitrogens with zero attached hydrogens (tertiary/aromatic N) is 3. The lowest BCUT2D eigenvalue weighted by atomic mass is 9.90. The minimum absolute atomic E-state index is 0.191. The molecule has 0 saturated carbocycles. The lowest BCUT2D eigenvalue weighted by molar-refractivity contribution is -0.192. The monoisotopic (exact) mass is 515 g/mol. The Hall–Kier alpha value is -3.86. The van der Waals surface area contributed by atoms with E-state index in [1.807, 2.05) is 23.7 Å². The number of nitrogens with one attached hydrogen (secondary N) is 2. The number of hydrogen-bond donors (Lipinski definition) is 3. The molecular weight excluding hydrogens is 487 g/mol. The Kier molecular flexibility index (Phi) is 7.82. The molecule has 37 heavy (non-hydrogen) atoms. The van der Waals surface area contributed by atoms with Gasteiger partial charge in [0.05, 0.1) is 24.5 Å². The van der Waals surface area contributed by atoms with Crippen LogP contribution in [0, 0.1) is 6.92 Å². The number of halogens is 3. The van der Waals surface area contributed by atoms with E-state index in [2.05, 4.69) is 57.4 Å². The van der Waals surface area contributed by atoms with Crippen LogP contribution in [-0.2, 0) is 11.3 Å². The second-order valence-electron chi connectivity index (χ2n) is 8.75. The zero-order chi connectivity index (χ0) is 26.6. The number of aromatic nitrogens is 3. The Morgan fingerprint density at radius 1 is 1.22 bits per heavy atom. The Balaban J connectivity index is 0.000000405. The van der Waals surface area contributed by atoms with Gasteiger partial charge < -0.3 is 20.5 Å². The summed E-state index contributed by atoms with van der Waals surface area (Å²) in [6.45, 7) is 4.85. The van der Waals surface area contributed by atoms with E-state index in [9.17, 15) is 13.2 Å². The number of carboxylic acids is 1. The number of carbonyl (C=O) groups is 1. The molecule has 1 aromatic heterocycles. The van der Waals surface area contributed by atoms with E-state index in [0.29, 0.717) is 0 Å². The number of hydrogen-bond acceptors (Lipinski definition) is 6. The van der Waals surface area contributed by atoms with Crippen molar-refractivity contribution in [3.8, 4) is 17.0 Å². The molecule has 0 fully saturated rings. The van der Waals surface area contributed by atoms with E-state index in [-0.39, 0.29) is 6.04 Å². The molecule has 3 N–H and O–H groups in total. The van der Waals surface area contributed by atoms with Gasteiger partial charge in [-0.1, -0.05) is 23.4 Å². The summed E-state index contributed by atoms with van der Waals surface area (Å²) in [6, 6.07) is 15.2. The van der Waals surface area contributed by atoms with Crippen molar-refractivity contribution in [2.24, 2.45) is 0 Å². The van der Waals surface area contributed by atoms with E-state index in [4.69, 9.17) is 14.6 Å². The predicted molar refractivity (Wildman–Crippen MR) is 133 cm³/mol. The Morgan fingerprint density at radius 3 is 2.57 bits per heavy atom. The quantitative estimate of drug-likeness (QED) is 0.458. The first-order chi connectivity index (χ1) is 17.7. The van der Waals surface area contributed by atoms with Gasteiger partial charge in [0.2, 0.25) is 0 Å². The summed E-state index contributed by atoms with van der Waals surface area (Å²) < 4.78 is 39.1. The van der Waals surface area contributed by atoms with Crippen LogP contribution in [0.25, 0.3) is 16.8 Å². The van der Waals surface area contributed by atoms with Crippen molar-refractivity contribution in [1.82, 2.24) is 20.3 Å². The summed E-state index contributed by atoms with van der Waals surface area (Å²) in [5.41, 5.74) is 8.48. The highest BCUT2D eigenvalue weighted by molar-refractivity contribution is 5.75. The van der Waals surface area contributed by atoms with Crippen LogP contribution in [0.15, 0.2) is 48.5 Å². The molecule has 0 saturated heterocycles. The average molecular weight is 516 g/mol. The van der Waals surface area contributed by atoms with Gasteiger partial charge in [-0.05, 0) is 73.3 Å². The van der Waals surface area contributed by atoms with Gasteiger partial charge in [-0.2, -0.15) is 13.2 Å². The average Bonchev–Trinajstić information content (AvgIpc) is 3.18. The van der Waals surface area contributed by atoms with Gasteiger partial charge in [-0.15, -0.1) is 5.10 Å². The molecule has 1 atom stereocenters. The van der Waals surface area contributed by atoms with Gasteiger partial charge in [0.25, 0.3) is 0 Å². The van der Waals surface area contributed by atoms with Gasteiger partial charge in [0, 0.05) is 24.3 Å². The molecule has 0 aliphatic carbocycles. The fourth-order valence-electron chi connectivity index (χ4n) is 4.49. The molecule has 2 aliphatic heterocycles. The van der Waals surface area contributed by atoms with Crippen LogP contribution >= 0.6 is 0 Å². The van der Waals surface area contributed by atoms with Crippen molar-refractivity contribution in [2.45, 2.75) is 38.5 Å². The molecule has 0 amide bonds. The maximum atomic E-state index is 10.6. The molecule has 196 valence electrons. The first-order valence-electron chi connectivity index (χ1n) is 11.8. The number of aryl methyl sites for hydroxylation is 2. The summed E-state index contributed by atoms with van der Waals surface area (Å²) in [5, 5.41) is 23.0. The minimum Gasteiger partial charge on any atom is -0.497 e. The number of benzene rings is 2. The van der Waals surface area contributed by atoms with E-state index in [0.717, 1.165) is 55.3 Å². The first-order valence-corrected chi connectivity index (χ1v) is 11.8. The second-order valence-corrected chi connectivity index (χ2v) is 8.75. The molecule has 2 aliphatic rings. The van der Waals surface area contributed by atoms with E-state index in [1.165, 1.54) is 22.3 Å². The third kappa shape index (κ3) is 6.11. The number of ether oxygens (including phenoxy) is 1. The number of fused-ring (bicyclic) bond motifs is 3. The zero-order valence-corrected chi connectivity index (χ0v) is 20.5. The molecule has 3 heterocycles. The molecule has 0 radical (unpaired) electrons. The summed E-state index contributed by atoms with van der Waals surface area (Å²) in [7, 11) is 1.69. The molecule has 3 aromatic rings. The summed E-state index contributed by atoms with van der Waals surface area (Å²) in [5.74, 6) is -1.89. The standard InChI is InChI=1S/C24H27N5O.C2HF3O2/c1-16-24-21-8-3-18(17-9-12-25-13-10-17)15-22(21)23(11-14-29(24)28-27-16)26-19-4-6-20(30-2)7-5-19;3-2(4,5)1(6)7/h3-9,15,23,25-26H,10-14H2,1-2H3;(H,6,7). The van der Waals surface area contributed by atoms with Crippen LogP contribution in [0.2, 0.25) is 0 Å². The third-order valence-electron chi connectivity index (χ3n) is 6.32. The topological polar surface area (TPSA) is 101 Å². The van der Waals surface area contributed by atoms with Crippen LogP contribution in [0.1, 0.15) is 35.7 Å². The largest absolute Gasteiger partial charge is 0.497 e. The second kappa shape index (κ2) is 11.0. The lowest BCUT2D eigenvalue weighted by Crippen LogP contribution is -2.21. The van der Waals surface area contributed by atoms with Gasteiger partial charge in [0.1, 0.15) is 5.75 Å². The molecule has 1 unspecified atom stereocenters. The van der Waals surface area contributed by atoms with Crippen LogP contribution < -0.4 is 15.4 Å². The van der Waals surface area contributed by atoms with Crippen LogP contribution in [0.3, 0.4) is 0 Å². The smallest absolute Gasteiger partial charge is 0.490 e. The Bertz CT molecular complexity index is 1290.